The summed E-state index contributed by atoms with van der Waals surface area (Å²) in [7, 11) is 1.57. The molecular formula is C13H12N4O4. The van der Waals surface area contributed by atoms with Crippen LogP contribution in [0.15, 0.2) is 30.7 Å². The van der Waals surface area contributed by atoms with Crippen LogP contribution in [0.1, 0.15) is 5.56 Å². The zero-order chi connectivity index (χ0) is 15.2. The Morgan fingerprint density at radius 1 is 1.48 bits per heavy atom. The molecule has 2 aromatic rings. The number of nitrogens with zero attached hydrogens (tertiary/aromatic N) is 4. The molecule has 0 aliphatic rings. The summed E-state index contributed by atoms with van der Waals surface area (Å²) in [5.74, 6) is 0.252. The van der Waals surface area contributed by atoms with Gasteiger partial charge in [0, 0.05) is 13.2 Å². The first-order valence-electron chi connectivity index (χ1n) is 6.00. The van der Waals surface area contributed by atoms with Crippen LogP contribution in [-0.2, 0) is 4.74 Å². The molecule has 0 saturated carbocycles. The standard InChI is InChI=1S/C13H12N4O4/c1-20-4-5-21-11-3-2-10(7-14)12(6-11)16-8-13(15-9-16)17(18)19/h2-3,6,8-9H,4-5H2,1H3. The second-order valence-electron chi connectivity index (χ2n) is 4.03. The van der Waals surface area contributed by atoms with E-state index >= 15 is 0 Å². The molecule has 0 aliphatic heterocycles. The van der Waals surface area contributed by atoms with Crippen molar-refractivity contribution in [3.05, 3.63) is 46.4 Å². The highest BCUT2D eigenvalue weighted by Crippen LogP contribution is 2.22. The Morgan fingerprint density at radius 2 is 2.29 bits per heavy atom. The third kappa shape index (κ3) is 3.34. The normalized spacial score (nSPS) is 10.1. The summed E-state index contributed by atoms with van der Waals surface area (Å²) in [4.78, 5) is 13.7. The summed E-state index contributed by atoms with van der Waals surface area (Å²) in [6.07, 6.45) is 2.53. The van der Waals surface area contributed by atoms with Crippen molar-refractivity contribution in [1.82, 2.24) is 9.55 Å². The number of ether oxygens (including phenoxy) is 2. The smallest absolute Gasteiger partial charge is 0.381 e. The van der Waals surface area contributed by atoms with E-state index in [2.05, 4.69) is 4.98 Å². The van der Waals surface area contributed by atoms with E-state index in [1.165, 1.54) is 17.1 Å². The van der Waals surface area contributed by atoms with Gasteiger partial charge in [-0.15, -0.1) is 0 Å². The van der Waals surface area contributed by atoms with Crippen molar-refractivity contribution in [1.29, 1.82) is 5.26 Å². The highest BCUT2D eigenvalue weighted by molar-refractivity contribution is 5.53. The fourth-order valence-corrected chi connectivity index (χ4v) is 1.69. The van der Waals surface area contributed by atoms with Crippen LogP contribution in [0.4, 0.5) is 5.82 Å². The minimum Gasteiger partial charge on any atom is -0.491 e. The molecule has 0 atom stereocenters. The highest BCUT2D eigenvalue weighted by Gasteiger charge is 2.14. The molecule has 1 heterocycles. The van der Waals surface area contributed by atoms with Gasteiger partial charge in [0.05, 0.1) is 17.9 Å². The quantitative estimate of drug-likeness (QED) is 0.455. The molecule has 108 valence electrons. The maximum absolute atomic E-state index is 10.7. The van der Waals surface area contributed by atoms with Crippen LogP contribution in [0.5, 0.6) is 5.75 Å². The van der Waals surface area contributed by atoms with Gasteiger partial charge in [0.15, 0.2) is 0 Å². The Kier molecular flexibility index (Phi) is 4.48. The van der Waals surface area contributed by atoms with Gasteiger partial charge in [-0.3, -0.25) is 4.57 Å². The molecular weight excluding hydrogens is 276 g/mol. The van der Waals surface area contributed by atoms with Gasteiger partial charge in [-0.2, -0.15) is 5.26 Å². The van der Waals surface area contributed by atoms with Gasteiger partial charge >= 0.3 is 5.82 Å². The fraction of sp³-hybridized carbons (Fsp3) is 0.231. The molecule has 2 rings (SSSR count). The molecule has 0 saturated heterocycles. The van der Waals surface area contributed by atoms with Gasteiger partial charge in [0.2, 0.25) is 6.33 Å². The number of nitro groups is 1. The van der Waals surface area contributed by atoms with Crippen LogP contribution in [-0.4, -0.2) is 34.8 Å². The molecule has 1 aromatic heterocycles. The second kappa shape index (κ2) is 6.49. The van der Waals surface area contributed by atoms with E-state index in [1.54, 1.807) is 25.3 Å². The largest absolute Gasteiger partial charge is 0.491 e. The average molecular weight is 288 g/mol. The number of aromatic nitrogens is 2. The molecule has 0 fully saturated rings. The summed E-state index contributed by atoms with van der Waals surface area (Å²) in [5, 5.41) is 19.8. The van der Waals surface area contributed by atoms with E-state index in [0.717, 1.165) is 0 Å². The number of methoxy groups -OCH3 is 1. The maximum atomic E-state index is 10.7. The fourth-order valence-electron chi connectivity index (χ4n) is 1.69. The summed E-state index contributed by atoms with van der Waals surface area (Å²) >= 11 is 0. The Morgan fingerprint density at radius 3 is 2.90 bits per heavy atom. The van der Waals surface area contributed by atoms with Gasteiger partial charge in [-0.05, 0) is 22.0 Å². The minimum absolute atomic E-state index is 0.287. The maximum Gasteiger partial charge on any atom is 0.381 e. The van der Waals surface area contributed by atoms with E-state index < -0.39 is 4.92 Å². The van der Waals surface area contributed by atoms with Crippen molar-refractivity contribution in [2.24, 2.45) is 0 Å². The number of rotatable bonds is 6. The van der Waals surface area contributed by atoms with Gasteiger partial charge in [0.25, 0.3) is 0 Å². The first-order valence-corrected chi connectivity index (χ1v) is 6.00. The third-order valence-corrected chi connectivity index (χ3v) is 2.68. The summed E-state index contributed by atoms with van der Waals surface area (Å²) in [6.45, 7) is 0.803. The lowest BCUT2D eigenvalue weighted by atomic mass is 10.2. The van der Waals surface area contributed by atoms with E-state index in [1.807, 2.05) is 6.07 Å². The predicted octanol–water partition coefficient (Wildman–Crippen LogP) is 1.68. The van der Waals surface area contributed by atoms with Crippen LogP contribution in [0.3, 0.4) is 0 Å². The third-order valence-electron chi connectivity index (χ3n) is 2.68. The lowest BCUT2D eigenvalue weighted by molar-refractivity contribution is -0.389. The Labute approximate surface area is 120 Å². The van der Waals surface area contributed by atoms with E-state index in [-0.39, 0.29) is 5.82 Å². The number of imidazole rings is 1. The molecule has 21 heavy (non-hydrogen) atoms. The number of hydrogen-bond donors (Lipinski definition) is 0. The van der Waals surface area contributed by atoms with Crippen LogP contribution in [0.2, 0.25) is 0 Å². The number of hydrogen-bond acceptors (Lipinski definition) is 6. The molecule has 1 aromatic carbocycles. The molecule has 0 N–H and O–H groups in total. The predicted molar refractivity (Wildman–Crippen MR) is 72.3 cm³/mol. The lowest BCUT2D eigenvalue weighted by Crippen LogP contribution is -2.05. The van der Waals surface area contributed by atoms with Crippen molar-refractivity contribution >= 4 is 5.82 Å². The summed E-state index contributed by atoms with van der Waals surface area (Å²) in [6, 6.07) is 6.90. The lowest BCUT2D eigenvalue weighted by Gasteiger charge is -2.09. The van der Waals surface area contributed by atoms with Crippen molar-refractivity contribution < 1.29 is 14.4 Å². The monoisotopic (exact) mass is 288 g/mol. The second-order valence-corrected chi connectivity index (χ2v) is 4.03. The Hall–Kier alpha value is -2.92. The molecule has 0 radical (unpaired) electrons. The Balaban J connectivity index is 2.33. The van der Waals surface area contributed by atoms with Crippen LogP contribution < -0.4 is 4.74 Å². The van der Waals surface area contributed by atoms with Crippen molar-refractivity contribution in [2.75, 3.05) is 20.3 Å². The number of benzene rings is 1. The number of nitriles is 1. The van der Waals surface area contributed by atoms with Crippen molar-refractivity contribution in [3.8, 4) is 17.5 Å². The highest BCUT2D eigenvalue weighted by atomic mass is 16.6. The average Bonchev–Trinajstić information content (AvgIpc) is 2.97. The molecule has 0 spiro atoms. The zero-order valence-electron chi connectivity index (χ0n) is 11.2. The minimum atomic E-state index is -0.596. The molecule has 8 heteroatoms. The molecule has 0 unspecified atom stereocenters. The Bertz CT molecular complexity index is 690. The van der Waals surface area contributed by atoms with Gasteiger partial charge < -0.3 is 19.6 Å². The van der Waals surface area contributed by atoms with Crippen molar-refractivity contribution in [3.63, 3.8) is 0 Å². The van der Waals surface area contributed by atoms with Crippen molar-refractivity contribution in [2.45, 2.75) is 0 Å². The van der Waals surface area contributed by atoms with Gasteiger partial charge in [-0.25, -0.2) is 0 Å². The molecule has 8 nitrogen and oxygen atoms in total. The summed E-state index contributed by atoms with van der Waals surface area (Å²) in [5.41, 5.74) is 0.828. The van der Waals surface area contributed by atoms with Crippen LogP contribution in [0.25, 0.3) is 5.69 Å². The van der Waals surface area contributed by atoms with Crippen LogP contribution >= 0.6 is 0 Å². The van der Waals surface area contributed by atoms with Gasteiger partial charge in [0.1, 0.15) is 24.6 Å². The summed E-state index contributed by atoms with van der Waals surface area (Å²) < 4.78 is 11.8. The molecule has 0 aliphatic carbocycles. The zero-order valence-corrected chi connectivity index (χ0v) is 11.2. The van der Waals surface area contributed by atoms with Crippen LogP contribution in [0, 0.1) is 21.4 Å². The molecule has 0 amide bonds. The topological polar surface area (TPSA) is 103 Å². The van der Waals surface area contributed by atoms with Gasteiger partial charge in [-0.1, -0.05) is 0 Å². The van der Waals surface area contributed by atoms with E-state index in [0.29, 0.717) is 30.2 Å². The SMILES string of the molecule is COCCOc1ccc(C#N)c(-n2cnc([N+](=O)[O-])c2)c1. The molecule has 0 bridgehead atoms. The van der Waals surface area contributed by atoms with E-state index in [9.17, 15) is 10.1 Å². The first-order chi connectivity index (χ1) is 10.2. The first kappa shape index (κ1) is 14.5. The van der Waals surface area contributed by atoms with E-state index in [4.69, 9.17) is 14.7 Å².